The molecule has 0 atom stereocenters. The lowest BCUT2D eigenvalue weighted by Gasteiger charge is -2.09. The Morgan fingerprint density at radius 1 is 0.826 bits per heavy atom. The molecule has 4 aromatic rings. The molecule has 0 unspecified atom stereocenters. The molecule has 0 saturated carbocycles. The second-order valence-corrected chi connectivity index (χ2v) is 6.04. The Labute approximate surface area is 142 Å². The fraction of sp³-hybridized carbons (Fsp3) is 0.0500. The molecule has 0 radical (unpaired) electrons. The van der Waals surface area contributed by atoms with Crippen LogP contribution in [0.3, 0.4) is 0 Å². The van der Waals surface area contributed by atoms with Gasteiger partial charge in [0, 0.05) is 22.0 Å². The zero-order valence-corrected chi connectivity index (χ0v) is 14.0. The summed E-state index contributed by atoms with van der Waals surface area (Å²) in [4.78, 5) is 12.0. The molecule has 0 aliphatic carbocycles. The van der Waals surface area contributed by atoms with Gasteiger partial charge in [0.25, 0.3) is 0 Å². The van der Waals surface area contributed by atoms with Crippen LogP contribution in [0.15, 0.2) is 72.8 Å². The highest BCUT2D eigenvalue weighted by atomic mass is 79.9. The molecule has 0 aliphatic rings. The lowest BCUT2D eigenvalue weighted by molar-refractivity contribution is 0.102. The molecule has 0 fully saturated rings. The zero-order chi connectivity index (χ0) is 15.8. The van der Waals surface area contributed by atoms with Gasteiger partial charge in [0.15, 0.2) is 5.78 Å². The first kappa shape index (κ1) is 14.2. The van der Waals surface area contributed by atoms with Crippen molar-refractivity contribution < 1.29 is 4.79 Å². The van der Waals surface area contributed by atoms with E-state index in [1.54, 1.807) is 0 Å². The summed E-state index contributed by atoms with van der Waals surface area (Å²) in [5, 5.41) is 2.78. The highest BCUT2D eigenvalue weighted by Crippen LogP contribution is 2.31. The van der Waals surface area contributed by atoms with E-state index in [4.69, 9.17) is 0 Å². The maximum absolute atomic E-state index is 12.0. The van der Waals surface area contributed by atoms with Gasteiger partial charge in [-0.25, -0.2) is 0 Å². The van der Waals surface area contributed by atoms with Crippen molar-refractivity contribution in [2.24, 2.45) is 0 Å². The fourth-order valence-electron chi connectivity index (χ4n) is 3.10. The summed E-state index contributed by atoms with van der Waals surface area (Å²) in [5.74, 6) is 0.0904. The second kappa shape index (κ2) is 5.67. The van der Waals surface area contributed by atoms with E-state index in [-0.39, 0.29) is 5.78 Å². The number of nitrogens with zero attached hydrogens (tertiary/aromatic N) is 1. The number of ketones is 1. The van der Waals surface area contributed by atoms with Gasteiger partial charge in [-0.15, -0.1) is 0 Å². The van der Waals surface area contributed by atoms with Crippen LogP contribution in [0.4, 0.5) is 0 Å². The summed E-state index contributed by atoms with van der Waals surface area (Å²) in [7, 11) is 0. The second-order valence-electron chi connectivity index (χ2n) is 5.48. The molecule has 0 bridgehead atoms. The maximum atomic E-state index is 12.0. The third-order valence-corrected chi connectivity index (χ3v) is 4.64. The number of carbonyl (C=O) groups excluding carboxylic acids is 1. The Morgan fingerprint density at radius 2 is 1.43 bits per heavy atom. The molecule has 4 rings (SSSR count). The molecule has 0 aliphatic heterocycles. The van der Waals surface area contributed by atoms with Crippen molar-refractivity contribution in [3.63, 3.8) is 0 Å². The van der Waals surface area contributed by atoms with Crippen molar-refractivity contribution >= 4 is 43.5 Å². The number of alkyl halides is 1. The minimum atomic E-state index is 0.0904. The summed E-state index contributed by atoms with van der Waals surface area (Å²) < 4.78 is 2.22. The molecular weight excluding hydrogens is 350 g/mol. The quantitative estimate of drug-likeness (QED) is 0.354. The molecule has 0 spiro atoms. The molecule has 3 heteroatoms. The van der Waals surface area contributed by atoms with Gasteiger partial charge < -0.3 is 4.57 Å². The SMILES string of the molecule is O=C(CBr)c1cccc(-n2c3ccccc3c3ccccc32)c1. The molecule has 112 valence electrons. The first-order valence-corrected chi connectivity index (χ1v) is 8.59. The third-order valence-electron chi connectivity index (χ3n) is 4.13. The van der Waals surface area contributed by atoms with Gasteiger partial charge in [-0.05, 0) is 24.3 Å². The average Bonchev–Trinajstić information content (AvgIpc) is 2.96. The Morgan fingerprint density at radius 3 is 2.04 bits per heavy atom. The molecule has 1 aromatic heterocycles. The van der Waals surface area contributed by atoms with Gasteiger partial charge in [-0.1, -0.05) is 64.5 Å². The van der Waals surface area contributed by atoms with Crippen LogP contribution in [0.5, 0.6) is 0 Å². The first-order chi connectivity index (χ1) is 11.3. The van der Waals surface area contributed by atoms with Gasteiger partial charge in [-0.3, -0.25) is 4.79 Å². The summed E-state index contributed by atoms with van der Waals surface area (Å²) >= 11 is 3.25. The molecule has 23 heavy (non-hydrogen) atoms. The van der Waals surface area contributed by atoms with Gasteiger partial charge in [-0.2, -0.15) is 0 Å². The number of halogens is 1. The third kappa shape index (κ3) is 2.28. The molecular formula is C20H14BrNO. The summed E-state index contributed by atoms with van der Waals surface area (Å²) in [6.07, 6.45) is 0. The molecule has 0 N–H and O–H groups in total. The van der Waals surface area contributed by atoms with Crippen LogP contribution in [0.1, 0.15) is 10.4 Å². The number of aromatic nitrogens is 1. The highest BCUT2D eigenvalue weighted by Gasteiger charge is 2.12. The smallest absolute Gasteiger partial charge is 0.173 e. The van der Waals surface area contributed by atoms with Crippen molar-refractivity contribution in [3.8, 4) is 5.69 Å². The van der Waals surface area contributed by atoms with Crippen molar-refractivity contribution in [1.82, 2.24) is 4.57 Å². The number of hydrogen-bond donors (Lipinski definition) is 0. The molecule has 1 heterocycles. The summed E-state index contributed by atoms with van der Waals surface area (Å²) in [6, 6.07) is 24.5. The molecule has 0 saturated heterocycles. The minimum absolute atomic E-state index is 0.0904. The average molecular weight is 364 g/mol. The van der Waals surface area contributed by atoms with Crippen LogP contribution < -0.4 is 0 Å². The fourth-order valence-corrected chi connectivity index (χ4v) is 3.42. The number of hydrogen-bond acceptors (Lipinski definition) is 1. The molecule has 2 nitrogen and oxygen atoms in total. The maximum Gasteiger partial charge on any atom is 0.173 e. The van der Waals surface area contributed by atoms with Crippen molar-refractivity contribution in [2.75, 3.05) is 5.33 Å². The Bertz CT molecular complexity index is 979. The predicted molar refractivity (Wildman–Crippen MR) is 98.9 cm³/mol. The number of benzene rings is 3. The van der Waals surface area contributed by atoms with E-state index in [2.05, 4.69) is 56.9 Å². The number of para-hydroxylation sites is 2. The van der Waals surface area contributed by atoms with Crippen LogP contribution in [0, 0.1) is 0 Å². The van der Waals surface area contributed by atoms with Gasteiger partial charge >= 0.3 is 0 Å². The zero-order valence-electron chi connectivity index (χ0n) is 12.4. The van der Waals surface area contributed by atoms with Crippen molar-refractivity contribution in [2.45, 2.75) is 0 Å². The standard InChI is InChI=1S/C20H14BrNO/c21-13-20(23)14-6-5-7-15(12-14)22-18-10-3-1-8-16(18)17-9-2-4-11-19(17)22/h1-12H,13H2. The Kier molecular flexibility index (Phi) is 3.50. The molecule has 0 amide bonds. The van der Waals surface area contributed by atoms with Crippen LogP contribution in [-0.4, -0.2) is 15.7 Å². The van der Waals surface area contributed by atoms with E-state index in [0.717, 1.165) is 22.3 Å². The minimum Gasteiger partial charge on any atom is -0.309 e. The van der Waals surface area contributed by atoms with Crippen molar-refractivity contribution in [3.05, 3.63) is 78.4 Å². The number of rotatable bonds is 3. The van der Waals surface area contributed by atoms with Gasteiger partial charge in [0.2, 0.25) is 0 Å². The van der Waals surface area contributed by atoms with Gasteiger partial charge in [0.05, 0.1) is 16.4 Å². The van der Waals surface area contributed by atoms with E-state index in [0.29, 0.717) is 5.33 Å². The Balaban J connectivity index is 2.06. The lowest BCUT2D eigenvalue weighted by Crippen LogP contribution is -2.02. The van der Waals surface area contributed by atoms with Crippen molar-refractivity contribution in [1.29, 1.82) is 0 Å². The summed E-state index contributed by atoms with van der Waals surface area (Å²) in [6.45, 7) is 0. The molecule has 3 aromatic carbocycles. The number of carbonyl (C=O) groups is 1. The summed E-state index contributed by atoms with van der Waals surface area (Å²) in [5.41, 5.74) is 4.03. The van der Waals surface area contributed by atoms with E-state index in [1.807, 2.05) is 36.4 Å². The Hall–Kier alpha value is -2.39. The first-order valence-electron chi connectivity index (χ1n) is 7.47. The van der Waals surface area contributed by atoms with Crippen LogP contribution >= 0.6 is 15.9 Å². The van der Waals surface area contributed by atoms with Crippen LogP contribution in [0.2, 0.25) is 0 Å². The number of fused-ring (bicyclic) bond motifs is 3. The van der Waals surface area contributed by atoms with E-state index < -0.39 is 0 Å². The van der Waals surface area contributed by atoms with E-state index >= 15 is 0 Å². The predicted octanol–water partition coefficient (Wildman–Crippen LogP) is 5.36. The van der Waals surface area contributed by atoms with E-state index in [9.17, 15) is 4.79 Å². The largest absolute Gasteiger partial charge is 0.309 e. The van der Waals surface area contributed by atoms with Gasteiger partial charge in [0.1, 0.15) is 0 Å². The normalized spacial score (nSPS) is 11.2. The lowest BCUT2D eigenvalue weighted by atomic mass is 10.1. The topological polar surface area (TPSA) is 22.0 Å². The van der Waals surface area contributed by atoms with E-state index in [1.165, 1.54) is 10.8 Å². The highest BCUT2D eigenvalue weighted by molar-refractivity contribution is 9.09. The van der Waals surface area contributed by atoms with Crippen LogP contribution in [-0.2, 0) is 0 Å². The van der Waals surface area contributed by atoms with Crippen LogP contribution in [0.25, 0.3) is 27.5 Å². The number of Topliss-reactive ketones (excluding diaryl/α,β-unsaturated/α-hetero) is 1. The monoisotopic (exact) mass is 363 g/mol.